The minimum Gasteiger partial charge on any atom is -0.466 e. The number of ether oxygens (including phenoxy) is 2. The molecule has 2 rings (SSSR count). The molecule has 0 N–H and O–H groups in total. The van der Waals surface area contributed by atoms with Crippen LogP contribution in [0.2, 0.25) is 0 Å². The van der Waals surface area contributed by atoms with E-state index < -0.39 is 0 Å². The molecule has 1 aliphatic heterocycles. The van der Waals surface area contributed by atoms with Crippen molar-refractivity contribution in [3.05, 3.63) is 11.7 Å². The quantitative estimate of drug-likeness (QED) is 0.714. The third kappa shape index (κ3) is 2.57. The molecule has 1 unspecified atom stereocenters. The van der Waals surface area contributed by atoms with Crippen molar-refractivity contribution in [2.75, 3.05) is 13.2 Å². The number of hydrogen-bond donors (Lipinski definition) is 0. The van der Waals surface area contributed by atoms with E-state index in [0.29, 0.717) is 12.4 Å². The number of aromatic nitrogens is 2. The Morgan fingerprint density at radius 2 is 2.50 bits per heavy atom. The van der Waals surface area contributed by atoms with Gasteiger partial charge in [0.05, 0.1) is 6.61 Å². The molecule has 0 aromatic carbocycles. The predicted molar refractivity (Wildman–Crippen MR) is 52.6 cm³/mol. The molecule has 0 aliphatic carbocycles. The molecular weight excluding hydrogens is 212 g/mol. The Labute approximate surface area is 92.9 Å². The van der Waals surface area contributed by atoms with Crippen LogP contribution in [0.5, 0.6) is 0 Å². The average Bonchev–Trinajstić information content (AvgIpc) is 2.86. The van der Waals surface area contributed by atoms with Crippen LogP contribution >= 0.6 is 0 Å². The Kier molecular flexibility index (Phi) is 3.51. The summed E-state index contributed by atoms with van der Waals surface area (Å²) in [5.41, 5.74) is 0. The number of rotatable bonds is 4. The van der Waals surface area contributed by atoms with E-state index in [1.165, 1.54) is 0 Å². The minimum atomic E-state index is -0.356. The molecule has 16 heavy (non-hydrogen) atoms. The zero-order valence-electron chi connectivity index (χ0n) is 9.14. The van der Waals surface area contributed by atoms with Crippen LogP contribution in [-0.2, 0) is 20.7 Å². The maximum absolute atomic E-state index is 11.2. The minimum absolute atomic E-state index is 0.0214. The number of carbonyl (C=O) groups excluding carboxylic acids is 1. The molecule has 2 heterocycles. The van der Waals surface area contributed by atoms with E-state index in [0.717, 1.165) is 19.4 Å². The van der Waals surface area contributed by atoms with Crippen LogP contribution in [0.3, 0.4) is 0 Å². The molecular formula is C10H14N2O4. The lowest BCUT2D eigenvalue weighted by Gasteiger charge is -2.00. The van der Waals surface area contributed by atoms with Gasteiger partial charge >= 0.3 is 5.97 Å². The van der Waals surface area contributed by atoms with E-state index in [9.17, 15) is 4.79 Å². The first-order chi connectivity index (χ1) is 7.79. The average molecular weight is 226 g/mol. The first kappa shape index (κ1) is 11.1. The van der Waals surface area contributed by atoms with E-state index in [1.807, 2.05) is 0 Å². The fraction of sp³-hybridized carbons (Fsp3) is 0.700. The van der Waals surface area contributed by atoms with E-state index in [1.54, 1.807) is 6.92 Å². The first-order valence-corrected chi connectivity index (χ1v) is 5.39. The zero-order valence-corrected chi connectivity index (χ0v) is 9.14. The van der Waals surface area contributed by atoms with Gasteiger partial charge in [-0.15, -0.1) is 0 Å². The summed E-state index contributed by atoms with van der Waals surface area (Å²) in [5, 5.41) is 3.79. The van der Waals surface area contributed by atoms with E-state index >= 15 is 0 Å². The van der Waals surface area contributed by atoms with Crippen LogP contribution < -0.4 is 0 Å². The molecule has 0 bridgehead atoms. The van der Waals surface area contributed by atoms with Crippen molar-refractivity contribution in [2.45, 2.75) is 32.3 Å². The van der Waals surface area contributed by atoms with Crippen LogP contribution in [0.4, 0.5) is 0 Å². The number of nitrogens with zero attached hydrogens (tertiary/aromatic N) is 2. The van der Waals surface area contributed by atoms with Crippen molar-refractivity contribution in [1.82, 2.24) is 10.1 Å². The molecule has 1 saturated heterocycles. The summed E-state index contributed by atoms with van der Waals surface area (Å²) in [4.78, 5) is 15.3. The van der Waals surface area contributed by atoms with Crippen molar-refractivity contribution < 1.29 is 18.8 Å². The molecule has 1 aromatic rings. The Balaban J connectivity index is 1.93. The van der Waals surface area contributed by atoms with Crippen LogP contribution in [0.15, 0.2) is 4.52 Å². The van der Waals surface area contributed by atoms with Gasteiger partial charge in [-0.3, -0.25) is 4.79 Å². The highest BCUT2D eigenvalue weighted by atomic mass is 16.5. The largest absolute Gasteiger partial charge is 0.466 e. The number of esters is 1. The monoisotopic (exact) mass is 226 g/mol. The van der Waals surface area contributed by atoms with Crippen LogP contribution in [0.1, 0.15) is 37.6 Å². The van der Waals surface area contributed by atoms with Crippen molar-refractivity contribution in [2.24, 2.45) is 0 Å². The second-order valence-corrected chi connectivity index (χ2v) is 3.53. The first-order valence-electron chi connectivity index (χ1n) is 5.39. The molecule has 6 heteroatoms. The lowest BCUT2D eigenvalue weighted by atomic mass is 10.2. The van der Waals surface area contributed by atoms with Gasteiger partial charge in [0.1, 0.15) is 12.5 Å². The molecule has 0 spiro atoms. The van der Waals surface area contributed by atoms with Gasteiger partial charge in [0.15, 0.2) is 0 Å². The Hall–Kier alpha value is -1.43. The summed E-state index contributed by atoms with van der Waals surface area (Å²) in [5.74, 6) is 0.450. The van der Waals surface area contributed by atoms with Crippen molar-refractivity contribution in [3.8, 4) is 0 Å². The second kappa shape index (κ2) is 5.07. The predicted octanol–water partition coefficient (Wildman–Crippen LogP) is 1.03. The Morgan fingerprint density at radius 1 is 1.62 bits per heavy atom. The molecule has 1 fully saturated rings. The smallest absolute Gasteiger partial charge is 0.315 e. The topological polar surface area (TPSA) is 74.5 Å². The molecule has 0 saturated carbocycles. The second-order valence-electron chi connectivity index (χ2n) is 3.53. The molecule has 1 atom stereocenters. The van der Waals surface area contributed by atoms with Crippen molar-refractivity contribution in [3.63, 3.8) is 0 Å². The fourth-order valence-electron chi connectivity index (χ4n) is 1.59. The van der Waals surface area contributed by atoms with Gasteiger partial charge < -0.3 is 14.0 Å². The van der Waals surface area contributed by atoms with Gasteiger partial charge in [-0.25, -0.2) is 0 Å². The summed E-state index contributed by atoms with van der Waals surface area (Å²) in [6.07, 6.45) is 1.85. The van der Waals surface area contributed by atoms with Gasteiger partial charge in [0.2, 0.25) is 11.7 Å². The standard InChI is InChI=1S/C10H14N2O4/c1-2-14-9(13)6-8-11-10(12-16-8)7-4-3-5-15-7/h7H,2-6H2,1H3. The lowest BCUT2D eigenvalue weighted by molar-refractivity contribution is -0.142. The van der Waals surface area contributed by atoms with E-state index in [-0.39, 0.29) is 24.4 Å². The summed E-state index contributed by atoms with van der Waals surface area (Å²) in [6, 6.07) is 0. The van der Waals surface area contributed by atoms with Gasteiger partial charge in [0, 0.05) is 6.61 Å². The van der Waals surface area contributed by atoms with Crippen LogP contribution in [0, 0.1) is 0 Å². The Bertz CT molecular complexity index is 357. The lowest BCUT2D eigenvalue weighted by Crippen LogP contribution is -2.08. The Morgan fingerprint density at radius 3 is 3.19 bits per heavy atom. The highest BCUT2D eigenvalue weighted by Crippen LogP contribution is 2.25. The van der Waals surface area contributed by atoms with Crippen LogP contribution in [-0.4, -0.2) is 29.3 Å². The van der Waals surface area contributed by atoms with Gasteiger partial charge in [-0.05, 0) is 19.8 Å². The van der Waals surface area contributed by atoms with Crippen molar-refractivity contribution >= 4 is 5.97 Å². The summed E-state index contributed by atoms with van der Waals surface area (Å²) in [7, 11) is 0. The van der Waals surface area contributed by atoms with E-state index in [4.69, 9.17) is 14.0 Å². The maximum atomic E-state index is 11.2. The highest BCUT2D eigenvalue weighted by Gasteiger charge is 2.23. The van der Waals surface area contributed by atoms with Crippen LogP contribution in [0.25, 0.3) is 0 Å². The number of carbonyl (C=O) groups is 1. The SMILES string of the molecule is CCOC(=O)Cc1nc(C2CCCO2)no1. The fourth-order valence-corrected chi connectivity index (χ4v) is 1.59. The number of hydrogen-bond acceptors (Lipinski definition) is 6. The molecule has 6 nitrogen and oxygen atoms in total. The molecule has 0 radical (unpaired) electrons. The molecule has 1 aromatic heterocycles. The molecule has 0 amide bonds. The van der Waals surface area contributed by atoms with Gasteiger partial charge in [0.25, 0.3) is 0 Å². The summed E-state index contributed by atoms with van der Waals surface area (Å²) < 4.78 is 15.1. The van der Waals surface area contributed by atoms with Crippen molar-refractivity contribution in [1.29, 1.82) is 0 Å². The summed E-state index contributed by atoms with van der Waals surface area (Å²) in [6.45, 7) is 2.83. The zero-order chi connectivity index (χ0) is 11.4. The normalized spacial score (nSPS) is 19.9. The summed E-state index contributed by atoms with van der Waals surface area (Å²) >= 11 is 0. The van der Waals surface area contributed by atoms with E-state index in [2.05, 4.69) is 10.1 Å². The molecule has 1 aliphatic rings. The van der Waals surface area contributed by atoms with Gasteiger partial charge in [-0.2, -0.15) is 4.98 Å². The third-order valence-electron chi connectivity index (χ3n) is 2.30. The molecule has 88 valence electrons. The highest BCUT2D eigenvalue weighted by molar-refractivity contribution is 5.71. The maximum Gasteiger partial charge on any atom is 0.315 e. The third-order valence-corrected chi connectivity index (χ3v) is 2.30. The van der Waals surface area contributed by atoms with Gasteiger partial charge in [-0.1, -0.05) is 5.16 Å².